The number of benzene rings is 2. The number of rotatable bonds is 4. The third-order valence-electron chi connectivity index (χ3n) is 2.34. The van der Waals surface area contributed by atoms with E-state index in [2.05, 4.69) is 12.1 Å². The molecule has 0 fully saturated rings. The van der Waals surface area contributed by atoms with Crippen molar-refractivity contribution in [1.82, 2.24) is 0 Å². The van der Waals surface area contributed by atoms with Gasteiger partial charge < -0.3 is 0 Å². The maximum atomic E-state index is 10.00. The monoisotopic (exact) mass is 278 g/mol. The second-order valence-corrected chi connectivity index (χ2v) is 5.84. The summed E-state index contributed by atoms with van der Waals surface area (Å²) in [4.78, 5) is 0. The molecule has 0 aliphatic carbocycles. The van der Waals surface area contributed by atoms with Gasteiger partial charge in [-0.05, 0) is 0 Å². The van der Waals surface area contributed by atoms with Gasteiger partial charge in [-0.15, -0.1) is 0 Å². The molecule has 2 aromatic carbocycles. The Morgan fingerprint density at radius 1 is 0.875 bits per heavy atom. The van der Waals surface area contributed by atoms with Gasteiger partial charge in [0.15, 0.2) is 0 Å². The predicted octanol–water partition coefficient (Wildman–Crippen LogP) is 2.17. The molecule has 0 saturated heterocycles. The molecular formula is C14H14OSe. The number of hydrogen-bond donors (Lipinski definition) is 1. The van der Waals surface area contributed by atoms with E-state index in [1.165, 1.54) is 4.46 Å². The molecule has 0 aromatic heterocycles. The van der Waals surface area contributed by atoms with E-state index < -0.39 is 0 Å². The van der Waals surface area contributed by atoms with Crippen molar-refractivity contribution in [2.24, 2.45) is 0 Å². The Labute approximate surface area is 102 Å². The molecule has 0 radical (unpaired) electrons. The summed E-state index contributed by atoms with van der Waals surface area (Å²) in [7, 11) is 0. The normalized spacial score (nSPS) is 12.3. The molecule has 0 aliphatic heterocycles. The summed E-state index contributed by atoms with van der Waals surface area (Å²) in [5.74, 6) is 0. The van der Waals surface area contributed by atoms with Crippen LogP contribution in [0.2, 0.25) is 5.32 Å². The molecule has 16 heavy (non-hydrogen) atoms. The summed E-state index contributed by atoms with van der Waals surface area (Å²) >= 11 is 0.344. The molecule has 0 unspecified atom stereocenters. The summed E-state index contributed by atoms with van der Waals surface area (Å²) in [6.07, 6.45) is -0.332. The Kier molecular flexibility index (Phi) is 4.17. The SMILES string of the molecule is O[C@H](C[Se]c1ccccc1)c1ccccc1. The van der Waals surface area contributed by atoms with Crippen LogP contribution in [-0.4, -0.2) is 20.1 Å². The average molecular weight is 277 g/mol. The van der Waals surface area contributed by atoms with E-state index in [9.17, 15) is 5.11 Å². The Bertz CT molecular complexity index is 413. The predicted molar refractivity (Wildman–Crippen MR) is 68.0 cm³/mol. The van der Waals surface area contributed by atoms with Gasteiger partial charge in [0.2, 0.25) is 0 Å². The van der Waals surface area contributed by atoms with Crippen molar-refractivity contribution >= 4 is 19.4 Å². The minimum atomic E-state index is -0.332. The van der Waals surface area contributed by atoms with Crippen molar-refractivity contribution in [3.05, 3.63) is 66.2 Å². The van der Waals surface area contributed by atoms with Gasteiger partial charge in [-0.1, -0.05) is 0 Å². The van der Waals surface area contributed by atoms with E-state index in [0.29, 0.717) is 15.0 Å². The van der Waals surface area contributed by atoms with Crippen LogP contribution < -0.4 is 4.46 Å². The second-order valence-electron chi connectivity index (χ2n) is 3.55. The molecule has 0 aliphatic rings. The molecular weight excluding hydrogens is 263 g/mol. The number of aliphatic hydroxyl groups excluding tert-OH is 1. The van der Waals surface area contributed by atoms with Crippen LogP contribution in [0.1, 0.15) is 11.7 Å². The molecule has 0 spiro atoms. The van der Waals surface area contributed by atoms with E-state index in [-0.39, 0.29) is 6.10 Å². The molecule has 1 N–H and O–H groups in total. The zero-order chi connectivity index (χ0) is 11.2. The second kappa shape index (κ2) is 5.86. The van der Waals surface area contributed by atoms with Crippen molar-refractivity contribution in [3.63, 3.8) is 0 Å². The van der Waals surface area contributed by atoms with E-state index in [1.54, 1.807) is 0 Å². The molecule has 2 rings (SSSR count). The van der Waals surface area contributed by atoms with Gasteiger partial charge in [-0.25, -0.2) is 0 Å². The molecule has 0 heterocycles. The van der Waals surface area contributed by atoms with Gasteiger partial charge >= 0.3 is 102 Å². The van der Waals surface area contributed by atoms with Crippen molar-refractivity contribution in [3.8, 4) is 0 Å². The Hall–Kier alpha value is -1.08. The van der Waals surface area contributed by atoms with Crippen LogP contribution in [0, 0.1) is 0 Å². The summed E-state index contributed by atoms with van der Waals surface area (Å²) in [5, 5.41) is 10.8. The van der Waals surface area contributed by atoms with E-state index in [4.69, 9.17) is 0 Å². The third-order valence-corrected chi connectivity index (χ3v) is 4.62. The quantitative estimate of drug-likeness (QED) is 0.849. The topological polar surface area (TPSA) is 20.2 Å². The summed E-state index contributed by atoms with van der Waals surface area (Å²) in [6, 6.07) is 20.2. The van der Waals surface area contributed by atoms with Crippen LogP contribution in [-0.2, 0) is 0 Å². The number of hydrogen-bond acceptors (Lipinski definition) is 1. The third kappa shape index (κ3) is 3.21. The molecule has 1 atom stereocenters. The average Bonchev–Trinajstić information content (AvgIpc) is 2.38. The first kappa shape index (κ1) is 11.4. The Morgan fingerprint density at radius 2 is 1.44 bits per heavy atom. The van der Waals surface area contributed by atoms with Crippen LogP contribution in [0.4, 0.5) is 0 Å². The van der Waals surface area contributed by atoms with Crippen molar-refractivity contribution < 1.29 is 5.11 Å². The van der Waals surface area contributed by atoms with Crippen LogP contribution >= 0.6 is 0 Å². The fraction of sp³-hybridized carbons (Fsp3) is 0.143. The Morgan fingerprint density at radius 3 is 2.06 bits per heavy atom. The molecule has 2 aromatic rings. The van der Waals surface area contributed by atoms with Crippen LogP contribution in [0.25, 0.3) is 0 Å². The van der Waals surface area contributed by atoms with Gasteiger partial charge in [0.1, 0.15) is 0 Å². The van der Waals surface area contributed by atoms with Crippen LogP contribution in [0.3, 0.4) is 0 Å². The fourth-order valence-electron chi connectivity index (χ4n) is 1.46. The molecule has 0 amide bonds. The van der Waals surface area contributed by atoms with Gasteiger partial charge in [0, 0.05) is 0 Å². The first-order valence-electron chi connectivity index (χ1n) is 5.27. The van der Waals surface area contributed by atoms with Gasteiger partial charge in [-0.2, -0.15) is 0 Å². The van der Waals surface area contributed by atoms with Crippen LogP contribution in [0.15, 0.2) is 60.7 Å². The zero-order valence-corrected chi connectivity index (χ0v) is 10.6. The van der Waals surface area contributed by atoms with Gasteiger partial charge in [-0.3, -0.25) is 0 Å². The number of aliphatic hydroxyl groups is 1. The van der Waals surface area contributed by atoms with E-state index in [1.807, 2.05) is 48.5 Å². The molecule has 0 saturated carbocycles. The maximum absolute atomic E-state index is 10.00. The molecule has 0 bridgehead atoms. The summed E-state index contributed by atoms with van der Waals surface area (Å²) in [5.41, 5.74) is 1.01. The minimum absolute atomic E-state index is 0.332. The van der Waals surface area contributed by atoms with Crippen molar-refractivity contribution in [1.29, 1.82) is 0 Å². The fourth-order valence-corrected chi connectivity index (χ4v) is 3.34. The molecule has 1 nitrogen and oxygen atoms in total. The van der Waals surface area contributed by atoms with Gasteiger partial charge in [0.05, 0.1) is 0 Å². The van der Waals surface area contributed by atoms with Crippen LogP contribution in [0.5, 0.6) is 0 Å². The van der Waals surface area contributed by atoms with Crippen molar-refractivity contribution in [2.75, 3.05) is 0 Å². The Balaban J connectivity index is 1.92. The van der Waals surface area contributed by atoms with E-state index in [0.717, 1.165) is 10.9 Å². The first-order valence-corrected chi connectivity index (χ1v) is 7.34. The summed E-state index contributed by atoms with van der Waals surface area (Å²) in [6.45, 7) is 0. The zero-order valence-electron chi connectivity index (χ0n) is 8.91. The summed E-state index contributed by atoms with van der Waals surface area (Å²) < 4.78 is 1.34. The standard InChI is InChI=1S/C14H14OSe/c15-14(12-7-3-1-4-8-12)11-16-13-9-5-2-6-10-13/h1-10,14-15H,11H2/t14-/m1/s1. The van der Waals surface area contributed by atoms with Crippen molar-refractivity contribution in [2.45, 2.75) is 11.4 Å². The molecule has 82 valence electrons. The first-order chi connectivity index (χ1) is 7.86. The molecule has 2 heteroatoms. The van der Waals surface area contributed by atoms with E-state index >= 15 is 0 Å². The van der Waals surface area contributed by atoms with Gasteiger partial charge in [0.25, 0.3) is 0 Å².